The van der Waals surface area contributed by atoms with E-state index in [1.165, 1.54) is 0 Å². The Kier molecular flexibility index (Phi) is 4.53. The molecule has 0 spiro atoms. The number of aromatic nitrogens is 2. The molecule has 1 radical (unpaired) electrons. The first-order valence-corrected chi connectivity index (χ1v) is 6.49. The zero-order valence-electron chi connectivity index (χ0n) is 12.1. The minimum absolute atomic E-state index is 0.0751. The maximum absolute atomic E-state index is 12.0. The molecule has 0 saturated carbocycles. The van der Waals surface area contributed by atoms with Gasteiger partial charge in [0.05, 0.1) is 6.20 Å². The van der Waals surface area contributed by atoms with Gasteiger partial charge in [0, 0.05) is 37.5 Å². The Morgan fingerprint density at radius 2 is 2.20 bits per heavy atom. The monoisotopic (exact) mass is 271 g/mol. The van der Waals surface area contributed by atoms with Crippen molar-refractivity contribution in [2.75, 3.05) is 27.2 Å². The molecule has 0 unspecified atom stereocenters. The fourth-order valence-corrected chi connectivity index (χ4v) is 1.84. The summed E-state index contributed by atoms with van der Waals surface area (Å²) in [6.07, 6.45) is 3.69. The molecule has 5 nitrogen and oxygen atoms in total. The quantitative estimate of drug-likeness (QED) is 0.888. The lowest BCUT2D eigenvalue weighted by Crippen LogP contribution is -2.31. The minimum atomic E-state index is -0.0751. The van der Waals surface area contributed by atoms with E-state index in [1.54, 1.807) is 16.9 Å². The smallest absolute Gasteiger partial charge is 0.251 e. The first-order chi connectivity index (χ1) is 9.56. The van der Waals surface area contributed by atoms with Crippen LogP contribution in [0, 0.1) is 6.07 Å². The van der Waals surface area contributed by atoms with Crippen LogP contribution in [-0.2, 0) is 7.05 Å². The van der Waals surface area contributed by atoms with E-state index in [-0.39, 0.29) is 5.91 Å². The molecule has 20 heavy (non-hydrogen) atoms. The van der Waals surface area contributed by atoms with Gasteiger partial charge >= 0.3 is 0 Å². The van der Waals surface area contributed by atoms with Gasteiger partial charge in [-0.2, -0.15) is 5.10 Å². The van der Waals surface area contributed by atoms with Crippen molar-refractivity contribution in [1.82, 2.24) is 20.0 Å². The number of nitrogens with zero attached hydrogens (tertiary/aromatic N) is 3. The number of likely N-dealkylation sites (N-methyl/N-ethyl adjacent to an activating group) is 1. The van der Waals surface area contributed by atoms with Crippen LogP contribution in [0.15, 0.2) is 30.6 Å². The minimum Gasteiger partial charge on any atom is -0.351 e. The van der Waals surface area contributed by atoms with Crippen LogP contribution in [-0.4, -0.2) is 47.8 Å². The lowest BCUT2D eigenvalue weighted by Gasteiger charge is -2.10. The Bertz CT molecular complexity index is 589. The molecule has 1 aromatic carbocycles. The Morgan fingerprint density at radius 3 is 2.85 bits per heavy atom. The number of hydrogen-bond donors (Lipinski definition) is 1. The SMILES string of the molecule is CN(C)CCNC(=O)c1c[c]cc(-c2cnn(C)c2)c1. The maximum Gasteiger partial charge on any atom is 0.251 e. The number of rotatable bonds is 5. The molecule has 0 fully saturated rings. The average Bonchev–Trinajstić information content (AvgIpc) is 2.85. The van der Waals surface area contributed by atoms with E-state index in [0.717, 1.165) is 17.7 Å². The maximum atomic E-state index is 12.0. The van der Waals surface area contributed by atoms with Crippen molar-refractivity contribution >= 4 is 5.91 Å². The van der Waals surface area contributed by atoms with Gasteiger partial charge in [-0.1, -0.05) is 0 Å². The number of hydrogen-bond acceptors (Lipinski definition) is 3. The van der Waals surface area contributed by atoms with Gasteiger partial charge in [0.2, 0.25) is 0 Å². The van der Waals surface area contributed by atoms with Crippen LogP contribution in [0.2, 0.25) is 0 Å². The van der Waals surface area contributed by atoms with Crippen molar-refractivity contribution in [2.45, 2.75) is 0 Å². The van der Waals surface area contributed by atoms with Crippen LogP contribution in [0.25, 0.3) is 11.1 Å². The van der Waals surface area contributed by atoms with Crippen LogP contribution >= 0.6 is 0 Å². The van der Waals surface area contributed by atoms with Crippen LogP contribution < -0.4 is 5.32 Å². The molecular weight excluding hydrogens is 252 g/mol. The van der Waals surface area contributed by atoms with Crippen LogP contribution in [0.1, 0.15) is 10.4 Å². The van der Waals surface area contributed by atoms with Gasteiger partial charge in [0.25, 0.3) is 5.91 Å². The second-order valence-electron chi connectivity index (χ2n) is 4.97. The number of amides is 1. The Morgan fingerprint density at radius 1 is 1.40 bits per heavy atom. The Hall–Kier alpha value is -2.14. The third kappa shape index (κ3) is 3.68. The van der Waals surface area contributed by atoms with E-state index < -0.39 is 0 Å². The normalized spacial score (nSPS) is 10.8. The standard InChI is InChI=1S/C15H19N4O/c1-18(2)8-7-16-15(20)13-6-4-5-12(9-13)14-10-17-19(3)11-14/h5-6,9-11H,7-8H2,1-3H3,(H,16,20). The molecule has 0 aliphatic carbocycles. The second kappa shape index (κ2) is 6.34. The van der Waals surface area contributed by atoms with E-state index in [1.807, 2.05) is 44.4 Å². The van der Waals surface area contributed by atoms with E-state index in [0.29, 0.717) is 12.1 Å². The van der Waals surface area contributed by atoms with E-state index in [2.05, 4.69) is 16.5 Å². The molecule has 0 aliphatic heterocycles. The molecule has 1 N–H and O–H groups in total. The second-order valence-corrected chi connectivity index (χ2v) is 4.97. The van der Waals surface area contributed by atoms with Gasteiger partial charge in [-0.15, -0.1) is 0 Å². The number of aryl methyl sites for hydroxylation is 1. The Labute approximate surface area is 119 Å². The molecular formula is C15H19N4O. The Balaban J connectivity index is 2.07. The third-order valence-electron chi connectivity index (χ3n) is 2.93. The van der Waals surface area contributed by atoms with E-state index >= 15 is 0 Å². The van der Waals surface area contributed by atoms with Crippen molar-refractivity contribution in [2.24, 2.45) is 7.05 Å². The van der Waals surface area contributed by atoms with Crippen molar-refractivity contribution in [3.05, 3.63) is 42.2 Å². The van der Waals surface area contributed by atoms with E-state index in [9.17, 15) is 4.79 Å². The predicted octanol–water partition coefficient (Wildman–Crippen LogP) is 1.18. The summed E-state index contributed by atoms with van der Waals surface area (Å²) in [5.41, 5.74) is 2.54. The highest BCUT2D eigenvalue weighted by atomic mass is 16.1. The molecule has 2 rings (SSSR count). The molecule has 1 amide bonds. The number of benzene rings is 1. The first-order valence-electron chi connectivity index (χ1n) is 6.49. The molecule has 0 aliphatic rings. The highest BCUT2D eigenvalue weighted by Gasteiger charge is 2.07. The van der Waals surface area contributed by atoms with Crippen LogP contribution in [0.4, 0.5) is 0 Å². The molecule has 105 valence electrons. The molecule has 0 bridgehead atoms. The highest BCUT2D eigenvalue weighted by molar-refractivity contribution is 5.95. The third-order valence-corrected chi connectivity index (χ3v) is 2.93. The lowest BCUT2D eigenvalue weighted by atomic mass is 10.1. The van der Waals surface area contributed by atoms with Crippen molar-refractivity contribution in [3.8, 4) is 11.1 Å². The van der Waals surface area contributed by atoms with Gasteiger partial charge in [-0.25, -0.2) is 0 Å². The summed E-state index contributed by atoms with van der Waals surface area (Å²) in [6, 6.07) is 8.42. The van der Waals surface area contributed by atoms with Crippen molar-refractivity contribution in [3.63, 3.8) is 0 Å². The molecule has 0 saturated heterocycles. The summed E-state index contributed by atoms with van der Waals surface area (Å²) in [5, 5.41) is 7.03. The van der Waals surface area contributed by atoms with Crippen LogP contribution in [0.5, 0.6) is 0 Å². The zero-order valence-corrected chi connectivity index (χ0v) is 12.1. The molecule has 0 atom stereocenters. The van der Waals surface area contributed by atoms with Gasteiger partial charge in [-0.3, -0.25) is 9.48 Å². The molecule has 2 aromatic rings. The fourth-order valence-electron chi connectivity index (χ4n) is 1.84. The molecule has 1 aromatic heterocycles. The largest absolute Gasteiger partial charge is 0.351 e. The van der Waals surface area contributed by atoms with Crippen molar-refractivity contribution in [1.29, 1.82) is 0 Å². The van der Waals surface area contributed by atoms with Gasteiger partial charge in [0.1, 0.15) is 0 Å². The van der Waals surface area contributed by atoms with E-state index in [4.69, 9.17) is 0 Å². The van der Waals surface area contributed by atoms with Gasteiger partial charge < -0.3 is 10.2 Å². The molecule has 1 heterocycles. The average molecular weight is 271 g/mol. The number of carbonyl (C=O) groups excluding carboxylic acids is 1. The molecule has 5 heteroatoms. The van der Waals surface area contributed by atoms with Gasteiger partial charge in [0.15, 0.2) is 0 Å². The zero-order chi connectivity index (χ0) is 14.5. The highest BCUT2D eigenvalue weighted by Crippen LogP contribution is 2.19. The summed E-state index contributed by atoms with van der Waals surface area (Å²) >= 11 is 0. The topological polar surface area (TPSA) is 50.2 Å². The van der Waals surface area contributed by atoms with Crippen LogP contribution in [0.3, 0.4) is 0 Å². The van der Waals surface area contributed by atoms with Gasteiger partial charge in [-0.05, 0) is 43.9 Å². The lowest BCUT2D eigenvalue weighted by molar-refractivity contribution is 0.0951. The summed E-state index contributed by atoms with van der Waals surface area (Å²) in [4.78, 5) is 14.1. The number of nitrogens with one attached hydrogen (secondary N) is 1. The predicted molar refractivity (Wildman–Crippen MR) is 78.4 cm³/mol. The summed E-state index contributed by atoms with van der Waals surface area (Å²) in [7, 11) is 5.82. The summed E-state index contributed by atoms with van der Waals surface area (Å²) in [6.45, 7) is 1.45. The fraction of sp³-hybridized carbons (Fsp3) is 0.333. The first kappa shape index (κ1) is 14.3. The number of carbonyl (C=O) groups is 1. The summed E-state index contributed by atoms with van der Waals surface area (Å²) < 4.78 is 1.74. The summed E-state index contributed by atoms with van der Waals surface area (Å²) in [5.74, 6) is -0.0751. The van der Waals surface area contributed by atoms with Crippen molar-refractivity contribution < 1.29 is 4.79 Å².